The van der Waals surface area contributed by atoms with Crippen molar-refractivity contribution in [2.45, 2.75) is 39.7 Å². The molecule has 5 nitrogen and oxygen atoms in total. The van der Waals surface area contributed by atoms with E-state index in [1.807, 2.05) is 19.9 Å². The van der Waals surface area contributed by atoms with Gasteiger partial charge in [-0.15, -0.1) is 0 Å². The maximum atomic E-state index is 12.0. The van der Waals surface area contributed by atoms with Crippen LogP contribution in [0.25, 0.3) is 0 Å². The molecule has 1 aromatic carbocycles. The van der Waals surface area contributed by atoms with Crippen molar-refractivity contribution in [1.82, 2.24) is 0 Å². The van der Waals surface area contributed by atoms with Gasteiger partial charge in [-0.05, 0) is 44.4 Å². The third-order valence-corrected chi connectivity index (χ3v) is 4.49. The summed E-state index contributed by atoms with van der Waals surface area (Å²) in [6.45, 7) is 5.57. The number of hydrogen-bond acceptors (Lipinski definition) is 5. The molecule has 0 saturated carbocycles. The van der Waals surface area contributed by atoms with Crippen LogP contribution in [0.5, 0.6) is 11.5 Å². The summed E-state index contributed by atoms with van der Waals surface area (Å²) in [5, 5.41) is 9.99. The molecule has 0 saturated heterocycles. The van der Waals surface area contributed by atoms with E-state index in [2.05, 4.69) is 0 Å². The molecule has 1 aliphatic rings. The lowest BCUT2D eigenvalue weighted by Gasteiger charge is -2.21. The smallest absolute Gasteiger partial charge is 0.342 e. The maximum Gasteiger partial charge on any atom is 0.342 e. The van der Waals surface area contributed by atoms with Crippen molar-refractivity contribution >= 4 is 22.8 Å². The Balaban J connectivity index is 2.74. The van der Waals surface area contributed by atoms with Gasteiger partial charge in [0, 0.05) is 11.1 Å². The summed E-state index contributed by atoms with van der Waals surface area (Å²) < 4.78 is 10.4. The van der Waals surface area contributed by atoms with Crippen LogP contribution in [0.3, 0.4) is 0 Å². The Morgan fingerprint density at radius 2 is 2.17 bits per heavy atom. The van der Waals surface area contributed by atoms with Crippen molar-refractivity contribution < 1.29 is 24.2 Å². The zero-order valence-electron chi connectivity index (χ0n) is 13.5. The highest BCUT2D eigenvalue weighted by atomic mass is 35.5. The van der Waals surface area contributed by atoms with Gasteiger partial charge in [-0.1, -0.05) is 11.6 Å². The average molecular weight is 339 g/mol. The molecule has 1 heterocycles. The number of hydrogen-bond donors (Lipinski definition) is 1. The molecule has 0 amide bonds. The van der Waals surface area contributed by atoms with Crippen molar-refractivity contribution in [3.05, 3.63) is 33.9 Å². The number of fused-ring (bicyclic) bond motifs is 1. The number of esters is 1. The van der Waals surface area contributed by atoms with Crippen molar-refractivity contribution in [2.24, 2.45) is 0 Å². The van der Waals surface area contributed by atoms with Crippen LogP contribution in [0.15, 0.2) is 11.6 Å². The first kappa shape index (κ1) is 17.3. The van der Waals surface area contributed by atoms with Gasteiger partial charge in [0.15, 0.2) is 0 Å². The standard InChI is InChI=1S/C17H19ClO5/c1-5-8(2)6-10(16(18)20)12-14(19)13-11(7-23-17(13)21)9(3)15(12)22-4/h5,10,19H,6-7H2,1-4H3/b8-5+. The number of ether oxygens (including phenoxy) is 2. The van der Waals surface area contributed by atoms with Gasteiger partial charge < -0.3 is 14.6 Å². The third kappa shape index (κ3) is 2.93. The number of methoxy groups -OCH3 is 1. The first-order valence-corrected chi connectivity index (χ1v) is 7.61. The van der Waals surface area contributed by atoms with Crippen LogP contribution in [0.4, 0.5) is 0 Å². The van der Waals surface area contributed by atoms with Gasteiger partial charge in [-0.3, -0.25) is 4.79 Å². The first-order valence-electron chi connectivity index (χ1n) is 7.23. The Morgan fingerprint density at radius 1 is 1.52 bits per heavy atom. The molecular formula is C17H19ClO5. The summed E-state index contributed by atoms with van der Waals surface area (Å²) in [6.07, 6.45) is 2.20. The van der Waals surface area contributed by atoms with Gasteiger partial charge in [0.2, 0.25) is 5.24 Å². The molecule has 23 heavy (non-hydrogen) atoms. The molecule has 1 N–H and O–H groups in total. The van der Waals surface area contributed by atoms with Gasteiger partial charge >= 0.3 is 5.97 Å². The topological polar surface area (TPSA) is 72.8 Å². The zero-order valence-corrected chi connectivity index (χ0v) is 14.3. The van der Waals surface area contributed by atoms with E-state index in [1.165, 1.54) is 7.11 Å². The van der Waals surface area contributed by atoms with E-state index in [1.54, 1.807) is 6.92 Å². The number of phenols is 1. The summed E-state index contributed by atoms with van der Waals surface area (Å²) in [6, 6.07) is 0. The molecule has 0 aliphatic carbocycles. The minimum Gasteiger partial charge on any atom is -0.507 e. The number of phenolic OH excluding ortho intramolecular Hbond substituents is 1. The zero-order chi connectivity index (χ0) is 17.3. The van der Waals surface area contributed by atoms with E-state index in [4.69, 9.17) is 21.1 Å². The summed E-state index contributed by atoms with van der Waals surface area (Å²) in [7, 11) is 1.45. The monoisotopic (exact) mass is 338 g/mol. The fourth-order valence-corrected chi connectivity index (χ4v) is 3.03. The fraction of sp³-hybridized carbons (Fsp3) is 0.412. The molecule has 1 aromatic rings. The molecule has 1 atom stereocenters. The number of allylic oxidation sites excluding steroid dienone is 2. The Kier molecular flexibility index (Phi) is 5.00. The molecule has 2 rings (SSSR count). The Bertz CT molecular complexity index is 706. The number of cyclic esters (lactones) is 1. The molecule has 0 radical (unpaired) electrons. The molecule has 0 bridgehead atoms. The van der Waals surface area contributed by atoms with Crippen molar-refractivity contribution in [3.8, 4) is 11.5 Å². The summed E-state index contributed by atoms with van der Waals surface area (Å²) >= 11 is 5.77. The van der Waals surface area contributed by atoms with E-state index < -0.39 is 17.1 Å². The van der Waals surface area contributed by atoms with Crippen LogP contribution in [0.1, 0.15) is 53.2 Å². The van der Waals surface area contributed by atoms with Crippen molar-refractivity contribution in [1.29, 1.82) is 0 Å². The SMILES string of the molecule is C/C=C(\C)CC(C(=O)Cl)c1c(O)c2c(c(C)c1OC)COC2=O. The van der Waals surface area contributed by atoms with Crippen molar-refractivity contribution in [2.75, 3.05) is 7.11 Å². The maximum absolute atomic E-state index is 12.0. The predicted molar refractivity (Wildman–Crippen MR) is 86.2 cm³/mol. The van der Waals surface area contributed by atoms with Gasteiger partial charge in [0.05, 0.1) is 13.0 Å². The third-order valence-electron chi connectivity index (χ3n) is 4.23. The number of aromatic hydroxyl groups is 1. The van der Waals surface area contributed by atoms with E-state index in [0.717, 1.165) is 5.57 Å². The van der Waals surface area contributed by atoms with Crippen LogP contribution in [0.2, 0.25) is 0 Å². The van der Waals surface area contributed by atoms with Gasteiger partial charge in [0.25, 0.3) is 0 Å². The van der Waals surface area contributed by atoms with Crippen LogP contribution in [-0.2, 0) is 16.1 Å². The Hall–Kier alpha value is -2.01. The molecule has 0 fully saturated rings. The number of carbonyl (C=O) groups excluding carboxylic acids is 2. The lowest BCUT2D eigenvalue weighted by molar-refractivity contribution is -0.113. The van der Waals surface area contributed by atoms with Crippen LogP contribution < -0.4 is 4.74 Å². The molecule has 0 aromatic heterocycles. The van der Waals surface area contributed by atoms with Crippen LogP contribution in [-0.4, -0.2) is 23.4 Å². The second-order valence-corrected chi connectivity index (χ2v) is 5.92. The van der Waals surface area contributed by atoms with Gasteiger partial charge in [-0.2, -0.15) is 0 Å². The minimum atomic E-state index is -0.805. The summed E-state index contributed by atoms with van der Waals surface area (Å²) in [4.78, 5) is 23.9. The fourth-order valence-electron chi connectivity index (χ4n) is 2.84. The number of carbonyl (C=O) groups is 2. The highest BCUT2D eigenvalue weighted by Gasteiger charge is 2.36. The molecular weight excluding hydrogens is 320 g/mol. The predicted octanol–water partition coefficient (Wildman–Crippen LogP) is 3.58. The number of rotatable bonds is 5. The van der Waals surface area contributed by atoms with Crippen LogP contribution in [0, 0.1) is 6.92 Å². The molecule has 0 spiro atoms. The Labute approximate surface area is 139 Å². The largest absolute Gasteiger partial charge is 0.507 e. The average Bonchev–Trinajstić information content (AvgIpc) is 2.90. The molecule has 1 aliphatic heterocycles. The van der Waals surface area contributed by atoms with E-state index >= 15 is 0 Å². The van der Waals surface area contributed by atoms with E-state index in [0.29, 0.717) is 23.3 Å². The molecule has 124 valence electrons. The van der Waals surface area contributed by atoms with Crippen molar-refractivity contribution in [3.63, 3.8) is 0 Å². The van der Waals surface area contributed by atoms with Crippen LogP contribution >= 0.6 is 11.6 Å². The number of benzene rings is 1. The highest BCUT2D eigenvalue weighted by Crippen LogP contribution is 2.47. The van der Waals surface area contributed by atoms with Gasteiger partial charge in [0.1, 0.15) is 23.7 Å². The minimum absolute atomic E-state index is 0.0809. The van der Waals surface area contributed by atoms with Gasteiger partial charge in [-0.25, -0.2) is 4.79 Å². The summed E-state index contributed by atoms with van der Waals surface area (Å²) in [5.74, 6) is -1.33. The quantitative estimate of drug-likeness (QED) is 0.504. The lowest BCUT2D eigenvalue weighted by Crippen LogP contribution is -2.12. The summed E-state index contributed by atoms with van der Waals surface area (Å²) in [5.41, 5.74) is 2.52. The second kappa shape index (κ2) is 6.62. The highest BCUT2D eigenvalue weighted by molar-refractivity contribution is 6.64. The van der Waals surface area contributed by atoms with E-state index in [-0.39, 0.29) is 23.5 Å². The first-order chi connectivity index (χ1) is 10.8. The molecule has 6 heteroatoms. The number of halogens is 1. The van der Waals surface area contributed by atoms with E-state index in [9.17, 15) is 14.7 Å². The molecule has 1 unspecified atom stereocenters. The second-order valence-electron chi connectivity index (χ2n) is 5.55. The lowest BCUT2D eigenvalue weighted by atomic mass is 9.87. The normalized spacial score (nSPS) is 15.2. The Morgan fingerprint density at radius 3 is 2.70 bits per heavy atom.